The van der Waals surface area contributed by atoms with E-state index < -0.39 is 6.10 Å². The van der Waals surface area contributed by atoms with Crippen molar-refractivity contribution in [1.82, 2.24) is 9.80 Å². The van der Waals surface area contributed by atoms with E-state index in [9.17, 15) is 14.7 Å². The molecule has 7 aliphatic rings. The van der Waals surface area contributed by atoms with E-state index >= 15 is 0 Å². The second kappa shape index (κ2) is 10.2. The number of ether oxygens (including phenoxy) is 3. The standard InChI is InChI=1S/C37H60N2O6/c1-21(2)28(45-32(42)39-17-10-18-39)23-19-22(3)27-29(43-23)30(40)35(7)25-12-11-24-33(4,5)26(44-31(41)38(8)9)13-14-36(24)20-37(25,36)16-15-34(27,35)6/h21-30,40H,10-20H2,1-9H3/t22-,23?,24+,25?,26?,27+,28?,29?,30+,34?,35-,36?,37?/m1/s1. The van der Waals surface area contributed by atoms with Crippen LogP contribution < -0.4 is 0 Å². The van der Waals surface area contributed by atoms with Crippen molar-refractivity contribution in [1.29, 1.82) is 0 Å². The van der Waals surface area contributed by atoms with Gasteiger partial charge in [0.25, 0.3) is 0 Å². The highest BCUT2D eigenvalue weighted by Crippen LogP contribution is 2.89. The minimum absolute atomic E-state index is 0.0103. The molecule has 0 bridgehead atoms. The van der Waals surface area contributed by atoms with Crippen molar-refractivity contribution in [2.75, 3.05) is 27.2 Å². The smallest absolute Gasteiger partial charge is 0.410 e. The predicted octanol–water partition coefficient (Wildman–Crippen LogP) is 6.73. The monoisotopic (exact) mass is 628 g/mol. The van der Waals surface area contributed by atoms with Gasteiger partial charge >= 0.3 is 12.2 Å². The molecule has 8 unspecified atom stereocenters. The van der Waals surface area contributed by atoms with Gasteiger partial charge in [0.1, 0.15) is 12.2 Å². The number of amides is 2. The molecule has 45 heavy (non-hydrogen) atoms. The summed E-state index contributed by atoms with van der Waals surface area (Å²) in [6, 6.07) is 0. The lowest BCUT2D eigenvalue weighted by Gasteiger charge is -2.63. The van der Waals surface area contributed by atoms with E-state index in [4.69, 9.17) is 14.2 Å². The van der Waals surface area contributed by atoms with Crippen LogP contribution in [0.4, 0.5) is 9.59 Å². The minimum Gasteiger partial charge on any atom is -0.446 e. The molecule has 2 saturated heterocycles. The van der Waals surface area contributed by atoms with E-state index in [0.29, 0.717) is 17.8 Å². The molecule has 5 aliphatic carbocycles. The van der Waals surface area contributed by atoms with Gasteiger partial charge in [-0.15, -0.1) is 0 Å². The van der Waals surface area contributed by atoms with Crippen LogP contribution in [0.5, 0.6) is 0 Å². The second-order valence-electron chi connectivity index (χ2n) is 18.3. The van der Waals surface area contributed by atoms with Gasteiger partial charge in [0.15, 0.2) is 0 Å². The summed E-state index contributed by atoms with van der Waals surface area (Å²) in [6.07, 6.45) is 7.99. The first-order valence-corrected chi connectivity index (χ1v) is 18.2. The number of rotatable bonds is 4. The zero-order chi connectivity index (χ0) is 32.5. The fourth-order valence-corrected chi connectivity index (χ4v) is 13.3. The number of carbonyl (C=O) groups is 2. The average molecular weight is 629 g/mol. The molecule has 5 saturated carbocycles. The largest absolute Gasteiger partial charge is 0.446 e. The first kappa shape index (κ1) is 32.0. The number of carbonyl (C=O) groups excluding carboxylic acids is 2. The summed E-state index contributed by atoms with van der Waals surface area (Å²) >= 11 is 0. The van der Waals surface area contributed by atoms with Crippen LogP contribution in [0, 0.1) is 56.7 Å². The van der Waals surface area contributed by atoms with Crippen molar-refractivity contribution in [2.24, 2.45) is 56.7 Å². The SMILES string of the molecule is CC(C)C(OC(=O)N1CCC1)C1C[C@@H](C)[C@H]2C(O1)[C@H](O)[C@@]1(C)C3CC[C@H]4C(C)(C)C(OC(=O)N(C)C)CCC45CC35CCC21C. The number of nitrogens with zero attached hydrogens (tertiary/aromatic N) is 2. The lowest BCUT2D eigenvalue weighted by atomic mass is 9.41. The summed E-state index contributed by atoms with van der Waals surface area (Å²) in [5.74, 6) is 1.78. The third kappa shape index (κ3) is 4.08. The van der Waals surface area contributed by atoms with Gasteiger partial charge in [-0.3, -0.25) is 0 Å². The van der Waals surface area contributed by atoms with Crippen molar-refractivity contribution in [3.8, 4) is 0 Å². The van der Waals surface area contributed by atoms with Gasteiger partial charge in [0.2, 0.25) is 0 Å². The Labute approximate surface area is 271 Å². The Hall–Kier alpha value is -1.54. The Balaban J connectivity index is 1.15. The third-order valence-electron chi connectivity index (χ3n) is 15.7. The molecule has 0 aromatic heterocycles. The number of aliphatic hydroxyl groups excluding tert-OH is 1. The summed E-state index contributed by atoms with van der Waals surface area (Å²) in [5.41, 5.74) is 0.206. The zero-order valence-corrected chi connectivity index (χ0v) is 29.4. The van der Waals surface area contributed by atoms with Crippen LogP contribution in [0.15, 0.2) is 0 Å². The molecule has 2 amide bonds. The fourth-order valence-electron chi connectivity index (χ4n) is 13.3. The van der Waals surface area contributed by atoms with Gasteiger partial charge in [-0.25, -0.2) is 9.59 Å². The van der Waals surface area contributed by atoms with Gasteiger partial charge in [-0.05, 0) is 104 Å². The average Bonchev–Trinajstić information content (AvgIpc) is 3.56. The molecule has 2 aliphatic heterocycles. The Morgan fingerprint density at radius 3 is 2.27 bits per heavy atom. The highest BCUT2D eigenvalue weighted by molar-refractivity contribution is 5.68. The molecular formula is C37H60N2O6. The predicted molar refractivity (Wildman–Crippen MR) is 171 cm³/mol. The van der Waals surface area contributed by atoms with Crippen molar-refractivity contribution in [3.05, 3.63) is 0 Å². The van der Waals surface area contributed by atoms with Crippen molar-refractivity contribution < 1.29 is 28.9 Å². The Morgan fingerprint density at radius 2 is 1.64 bits per heavy atom. The summed E-state index contributed by atoms with van der Waals surface area (Å²) in [7, 11) is 3.53. The molecule has 2 spiro atoms. The fraction of sp³-hybridized carbons (Fsp3) is 0.946. The van der Waals surface area contributed by atoms with Gasteiger partial charge in [-0.2, -0.15) is 0 Å². The normalized spacial score (nSPS) is 49.7. The van der Waals surface area contributed by atoms with Crippen molar-refractivity contribution in [3.63, 3.8) is 0 Å². The third-order valence-corrected chi connectivity index (χ3v) is 15.7. The van der Waals surface area contributed by atoms with E-state index in [1.807, 2.05) is 0 Å². The lowest BCUT2D eigenvalue weighted by Crippen LogP contribution is -2.60. The van der Waals surface area contributed by atoms with E-state index in [2.05, 4.69) is 48.5 Å². The van der Waals surface area contributed by atoms with Crippen LogP contribution in [0.25, 0.3) is 0 Å². The molecule has 7 fully saturated rings. The zero-order valence-electron chi connectivity index (χ0n) is 29.4. The highest BCUT2D eigenvalue weighted by Gasteiger charge is 2.84. The summed E-state index contributed by atoms with van der Waals surface area (Å²) in [4.78, 5) is 28.8. The van der Waals surface area contributed by atoms with E-state index in [0.717, 1.165) is 58.0 Å². The summed E-state index contributed by atoms with van der Waals surface area (Å²) < 4.78 is 19.2. The van der Waals surface area contributed by atoms with Gasteiger partial charge < -0.3 is 29.1 Å². The van der Waals surface area contributed by atoms with Crippen molar-refractivity contribution in [2.45, 2.75) is 137 Å². The van der Waals surface area contributed by atoms with Crippen LogP contribution in [0.3, 0.4) is 0 Å². The molecule has 1 N–H and O–H groups in total. The van der Waals surface area contributed by atoms with Crippen LogP contribution in [0.2, 0.25) is 0 Å². The van der Waals surface area contributed by atoms with Crippen LogP contribution in [-0.4, -0.2) is 84.8 Å². The maximum absolute atomic E-state index is 12.9. The lowest BCUT2D eigenvalue weighted by molar-refractivity contribution is -0.185. The molecule has 254 valence electrons. The molecular weight excluding hydrogens is 568 g/mol. The van der Waals surface area contributed by atoms with Crippen LogP contribution >= 0.6 is 0 Å². The van der Waals surface area contributed by atoms with E-state index in [1.54, 1.807) is 23.9 Å². The molecule has 0 radical (unpaired) electrons. The quantitative estimate of drug-likeness (QED) is 0.371. The minimum atomic E-state index is -0.543. The Morgan fingerprint density at radius 1 is 0.978 bits per heavy atom. The topological polar surface area (TPSA) is 88.5 Å². The maximum atomic E-state index is 12.9. The van der Waals surface area contributed by atoms with E-state index in [1.165, 1.54) is 12.8 Å². The second-order valence-corrected chi connectivity index (χ2v) is 18.3. The number of likely N-dealkylation sites (tertiary alicyclic amines) is 1. The molecule has 0 aromatic rings. The van der Waals surface area contributed by atoms with Crippen LogP contribution in [0.1, 0.15) is 106 Å². The molecule has 13 atom stereocenters. The summed E-state index contributed by atoms with van der Waals surface area (Å²) in [6.45, 7) is 17.8. The number of aliphatic hydroxyl groups is 1. The van der Waals surface area contributed by atoms with Gasteiger partial charge in [0.05, 0.1) is 18.3 Å². The van der Waals surface area contributed by atoms with Gasteiger partial charge in [-0.1, -0.05) is 48.5 Å². The molecule has 0 aromatic carbocycles. The molecule has 8 heteroatoms. The highest BCUT2D eigenvalue weighted by atomic mass is 16.6. The Bertz CT molecular complexity index is 1220. The molecule has 7 rings (SSSR count). The maximum Gasteiger partial charge on any atom is 0.410 e. The summed E-state index contributed by atoms with van der Waals surface area (Å²) in [5, 5.41) is 12.6. The first-order chi connectivity index (χ1) is 21.0. The molecule has 2 heterocycles. The first-order valence-electron chi connectivity index (χ1n) is 18.2. The number of fused-ring (bicyclic) bond motifs is 4. The van der Waals surface area contributed by atoms with E-state index in [-0.39, 0.29) is 75.5 Å². The van der Waals surface area contributed by atoms with Crippen LogP contribution in [-0.2, 0) is 14.2 Å². The number of hydrogen-bond donors (Lipinski definition) is 1. The number of hydrogen-bond acceptors (Lipinski definition) is 6. The van der Waals surface area contributed by atoms with Crippen molar-refractivity contribution >= 4 is 12.2 Å². The molecule has 8 nitrogen and oxygen atoms in total. The van der Waals surface area contributed by atoms with Gasteiger partial charge in [0, 0.05) is 38.0 Å². The Kier molecular flexibility index (Phi) is 7.28.